The van der Waals surface area contributed by atoms with Crippen molar-refractivity contribution in [2.45, 2.75) is 6.61 Å². The number of hydrogen-bond acceptors (Lipinski definition) is 6. The van der Waals surface area contributed by atoms with Crippen molar-refractivity contribution in [1.29, 1.82) is 0 Å². The Morgan fingerprint density at radius 2 is 1.52 bits per heavy atom. The molecule has 2 aromatic carbocycles. The van der Waals surface area contributed by atoms with Gasteiger partial charge < -0.3 is 18.6 Å². The zero-order chi connectivity index (χ0) is 16.1. The number of aromatic nitrogens is 2. The number of ether oxygens (including phenoxy) is 3. The molecule has 0 unspecified atom stereocenters. The molecule has 6 nitrogen and oxygen atoms in total. The van der Waals surface area contributed by atoms with E-state index < -0.39 is 0 Å². The predicted octanol–water partition coefficient (Wildman–Crippen LogP) is 3.33. The van der Waals surface area contributed by atoms with Gasteiger partial charge in [0.25, 0.3) is 5.89 Å². The van der Waals surface area contributed by atoms with Crippen LogP contribution in [0.5, 0.6) is 17.2 Å². The molecule has 0 saturated heterocycles. The minimum Gasteiger partial charge on any atom is -0.496 e. The summed E-state index contributed by atoms with van der Waals surface area (Å²) >= 11 is 0. The third-order valence-electron chi connectivity index (χ3n) is 3.17. The summed E-state index contributed by atoms with van der Waals surface area (Å²) in [6, 6.07) is 14.9. The van der Waals surface area contributed by atoms with Gasteiger partial charge in [-0.05, 0) is 12.1 Å². The number of benzene rings is 2. The smallest absolute Gasteiger partial charge is 0.254 e. The lowest BCUT2D eigenvalue weighted by atomic mass is 10.2. The van der Waals surface area contributed by atoms with Gasteiger partial charge in [-0.15, -0.1) is 10.2 Å². The van der Waals surface area contributed by atoms with Crippen LogP contribution in [0.1, 0.15) is 5.89 Å². The van der Waals surface area contributed by atoms with E-state index in [2.05, 4.69) is 10.2 Å². The predicted molar refractivity (Wildman–Crippen MR) is 83.6 cm³/mol. The van der Waals surface area contributed by atoms with Crippen molar-refractivity contribution < 1.29 is 18.6 Å². The fraction of sp³-hybridized carbons (Fsp3) is 0.176. The van der Waals surface area contributed by atoms with Gasteiger partial charge in [0.1, 0.15) is 17.2 Å². The normalized spacial score (nSPS) is 10.3. The fourth-order valence-electron chi connectivity index (χ4n) is 2.02. The molecule has 0 saturated carbocycles. The molecular formula is C17H16N2O4. The van der Waals surface area contributed by atoms with Crippen LogP contribution in [0.3, 0.4) is 0 Å². The van der Waals surface area contributed by atoms with E-state index in [0.29, 0.717) is 29.0 Å². The number of hydrogen-bond donors (Lipinski definition) is 0. The molecule has 3 aromatic rings. The van der Waals surface area contributed by atoms with Crippen LogP contribution in [0.2, 0.25) is 0 Å². The van der Waals surface area contributed by atoms with Crippen LogP contribution in [0.25, 0.3) is 11.5 Å². The topological polar surface area (TPSA) is 66.6 Å². The Morgan fingerprint density at radius 1 is 0.870 bits per heavy atom. The van der Waals surface area contributed by atoms with Gasteiger partial charge in [0, 0.05) is 23.8 Å². The van der Waals surface area contributed by atoms with E-state index in [1.165, 1.54) is 0 Å². The highest BCUT2D eigenvalue weighted by Gasteiger charge is 2.09. The van der Waals surface area contributed by atoms with Crippen molar-refractivity contribution in [3.63, 3.8) is 0 Å². The second kappa shape index (κ2) is 6.83. The Balaban J connectivity index is 1.70. The molecule has 0 aliphatic rings. The maximum atomic E-state index is 5.67. The third kappa shape index (κ3) is 3.60. The first-order valence-corrected chi connectivity index (χ1v) is 7.02. The van der Waals surface area contributed by atoms with Crippen molar-refractivity contribution in [2.75, 3.05) is 14.2 Å². The van der Waals surface area contributed by atoms with E-state index in [1.807, 2.05) is 30.3 Å². The number of rotatable bonds is 6. The van der Waals surface area contributed by atoms with Gasteiger partial charge in [0.2, 0.25) is 5.89 Å². The minimum atomic E-state index is 0.163. The summed E-state index contributed by atoms with van der Waals surface area (Å²) in [6.45, 7) is 0.163. The lowest BCUT2D eigenvalue weighted by Gasteiger charge is -2.08. The Morgan fingerprint density at radius 3 is 2.17 bits per heavy atom. The molecule has 0 atom stereocenters. The zero-order valence-electron chi connectivity index (χ0n) is 12.9. The fourth-order valence-corrected chi connectivity index (χ4v) is 2.02. The zero-order valence-corrected chi connectivity index (χ0v) is 12.9. The molecule has 0 fully saturated rings. The van der Waals surface area contributed by atoms with Gasteiger partial charge in [-0.2, -0.15) is 0 Å². The molecule has 0 bridgehead atoms. The lowest BCUT2D eigenvalue weighted by Crippen LogP contribution is -1.97. The maximum Gasteiger partial charge on any atom is 0.254 e. The highest BCUT2D eigenvalue weighted by Crippen LogP contribution is 2.28. The van der Waals surface area contributed by atoms with Crippen LogP contribution in [0.15, 0.2) is 52.9 Å². The largest absolute Gasteiger partial charge is 0.496 e. The summed E-state index contributed by atoms with van der Waals surface area (Å²) in [5.41, 5.74) is 0.870. The molecular weight excluding hydrogens is 296 g/mol. The van der Waals surface area contributed by atoms with Crippen LogP contribution >= 0.6 is 0 Å². The summed E-state index contributed by atoms with van der Waals surface area (Å²) in [4.78, 5) is 0. The van der Waals surface area contributed by atoms with Crippen LogP contribution in [-0.2, 0) is 6.61 Å². The minimum absolute atomic E-state index is 0.163. The summed E-state index contributed by atoms with van der Waals surface area (Å²) in [6.07, 6.45) is 0. The highest BCUT2D eigenvalue weighted by molar-refractivity contribution is 5.51. The maximum absolute atomic E-state index is 5.67. The summed E-state index contributed by atoms with van der Waals surface area (Å²) in [5.74, 6) is 2.75. The second-order valence-corrected chi connectivity index (χ2v) is 4.70. The highest BCUT2D eigenvalue weighted by atomic mass is 16.5. The first kappa shape index (κ1) is 14.9. The van der Waals surface area contributed by atoms with Gasteiger partial charge in [0.05, 0.1) is 14.2 Å². The molecule has 6 heteroatoms. The molecule has 1 aromatic heterocycles. The number of methoxy groups -OCH3 is 2. The summed E-state index contributed by atoms with van der Waals surface area (Å²) in [5, 5.41) is 8.01. The Bertz CT molecular complexity index is 749. The molecule has 0 aliphatic heterocycles. The van der Waals surface area contributed by atoms with E-state index in [4.69, 9.17) is 18.6 Å². The third-order valence-corrected chi connectivity index (χ3v) is 3.17. The average molecular weight is 312 g/mol. The summed E-state index contributed by atoms with van der Waals surface area (Å²) in [7, 11) is 3.17. The van der Waals surface area contributed by atoms with Gasteiger partial charge in [-0.1, -0.05) is 18.2 Å². The van der Waals surface area contributed by atoms with Crippen LogP contribution in [0, 0.1) is 0 Å². The quantitative estimate of drug-likeness (QED) is 0.695. The molecule has 0 radical (unpaired) electrons. The Labute approximate surface area is 133 Å². The Hall–Kier alpha value is -3.02. The van der Waals surface area contributed by atoms with E-state index in [0.717, 1.165) is 5.56 Å². The van der Waals surface area contributed by atoms with E-state index in [1.54, 1.807) is 32.4 Å². The standard InChI is InChI=1S/C17H16N2O4/c1-20-13-8-14(21-2)10-15(9-13)22-11-16-18-19-17(23-16)12-6-4-3-5-7-12/h3-10H,11H2,1-2H3. The van der Waals surface area contributed by atoms with Crippen molar-refractivity contribution >= 4 is 0 Å². The van der Waals surface area contributed by atoms with Gasteiger partial charge in [0.15, 0.2) is 6.61 Å². The van der Waals surface area contributed by atoms with Crippen molar-refractivity contribution in [1.82, 2.24) is 10.2 Å². The van der Waals surface area contributed by atoms with E-state index in [9.17, 15) is 0 Å². The molecule has 1 heterocycles. The lowest BCUT2D eigenvalue weighted by molar-refractivity contribution is 0.261. The van der Waals surface area contributed by atoms with Gasteiger partial charge >= 0.3 is 0 Å². The van der Waals surface area contributed by atoms with Crippen LogP contribution < -0.4 is 14.2 Å². The monoisotopic (exact) mass is 312 g/mol. The van der Waals surface area contributed by atoms with Gasteiger partial charge in [-0.3, -0.25) is 0 Å². The van der Waals surface area contributed by atoms with Crippen molar-refractivity contribution in [3.05, 3.63) is 54.4 Å². The van der Waals surface area contributed by atoms with Crippen molar-refractivity contribution in [2.24, 2.45) is 0 Å². The molecule has 3 rings (SSSR count). The first-order valence-electron chi connectivity index (χ1n) is 7.02. The van der Waals surface area contributed by atoms with Crippen LogP contribution in [0.4, 0.5) is 0 Å². The second-order valence-electron chi connectivity index (χ2n) is 4.70. The SMILES string of the molecule is COc1cc(OC)cc(OCc2nnc(-c3ccccc3)o2)c1. The van der Waals surface area contributed by atoms with Gasteiger partial charge in [-0.25, -0.2) is 0 Å². The molecule has 0 aliphatic carbocycles. The van der Waals surface area contributed by atoms with Crippen LogP contribution in [-0.4, -0.2) is 24.4 Å². The average Bonchev–Trinajstić information content (AvgIpc) is 3.09. The Kier molecular flexibility index (Phi) is 4.42. The molecule has 0 N–H and O–H groups in total. The molecule has 118 valence electrons. The van der Waals surface area contributed by atoms with Crippen molar-refractivity contribution in [3.8, 4) is 28.7 Å². The first-order chi connectivity index (χ1) is 11.3. The summed E-state index contributed by atoms with van der Waals surface area (Å²) < 4.78 is 21.7. The molecule has 23 heavy (non-hydrogen) atoms. The van der Waals surface area contributed by atoms with E-state index in [-0.39, 0.29) is 6.61 Å². The molecule has 0 amide bonds. The molecule has 0 spiro atoms. The van der Waals surface area contributed by atoms with E-state index >= 15 is 0 Å². The number of nitrogens with zero attached hydrogens (tertiary/aromatic N) is 2.